The van der Waals surface area contributed by atoms with E-state index in [2.05, 4.69) is 10.3 Å². The van der Waals surface area contributed by atoms with E-state index in [1.807, 2.05) is 4.90 Å². The number of amides is 1. The lowest BCUT2D eigenvalue weighted by Gasteiger charge is -2.26. The molecule has 1 aromatic heterocycles. The van der Waals surface area contributed by atoms with E-state index in [-0.39, 0.29) is 11.5 Å². The van der Waals surface area contributed by atoms with Crippen molar-refractivity contribution < 1.29 is 14.7 Å². The molecule has 1 amide bonds. The molecule has 6 nitrogen and oxygen atoms in total. The molecular weight excluding hydrogens is 294 g/mol. The molecule has 2 N–H and O–H groups in total. The summed E-state index contributed by atoms with van der Waals surface area (Å²) in [5.74, 6) is -0.730. The van der Waals surface area contributed by atoms with Gasteiger partial charge < -0.3 is 15.3 Å². The van der Waals surface area contributed by atoms with Crippen LogP contribution in [0.3, 0.4) is 0 Å². The number of pyridine rings is 1. The van der Waals surface area contributed by atoms with Gasteiger partial charge in [-0.1, -0.05) is 0 Å². The third kappa shape index (κ3) is 5.98. The molecule has 6 heteroatoms. The molecule has 1 aromatic rings. The van der Waals surface area contributed by atoms with E-state index in [4.69, 9.17) is 5.11 Å². The van der Waals surface area contributed by atoms with E-state index >= 15 is 0 Å². The van der Waals surface area contributed by atoms with Crippen molar-refractivity contribution in [2.45, 2.75) is 38.5 Å². The second-order valence-corrected chi connectivity index (χ2v) is 5.92. The number of likely N-dealkylation sites (tertiary alicyclic amines) is 1. The standard InChI is InChI=1S/C17H25N3O3/c21-16(20-10-4-1-5-11-20)13-18-8-3-2-6-15-12-14(17(22)23)7-9-19-15/h7,9,12,18H,1-6,8,10-11,13H2,(H,22,23). The molecule has 0 unspecified atom stereocenters. The fourth-order valence-corrected chi connectivity index (χ4v) is 2.75. The van der Waals surface area contributed by atoms with Crippen LogP contribution in [0.15, 0.2) is 18.3 Å². The molecular formula is C17H25N3O3. The third-order valence-corrected chi connectivity index (χ3v) is 4.08. The zero-order valence-electron chi connectivity index (χ0n) is 13.5. The minimum atomic E-state index is -0.924. The molecule has 0 aromatic carbocycles. The Morgan fingerprint density at radius 2 is 2.00 bits per heavy atom. The summed E-state index contributed by atoms with van der Waals surface area (Å²) in [5, 5.41) is 12.1. The molecule has 1 saturated heterocycles. The molecule has 0 spiro atoms. The third-order valence-electron chi connectivity index (χ3n) is 4.08. The average Bonchev–Trinajstić information content (AvgIpc) is 2.58. The van der Waals surface area contributed by atoms with E-state index < -0.39 is 5.97 Å². The topological polar surface area (TPSA) is 82.5 Å². The van der Waals surface area contributed by atoms with Gasteiger partial charge in [-0.25, -0.2) is 4.79 Å². The molecule has 2 rings (SSSR count). The number of carboxylic acids is 1. The van der Waals surface area contributed by atoms with E-state index in [1.54, 1.807) is 6.07 Å². The predicted octanol–water partition coefficient (Wildman–Crippen LogP) is 1.70. The number of piperidine rings is 1. The summed E-state index contributed by atoms with van der Waals surface area (Å²) >= 11 is 0. The monoisotopic (exact) mass is 319 g/mol. The average molecular weight is 319 g/mol. The first-order chi connectivity index (χ1) is 11.2. The maximum atomic E-state index is 12.0. The molecule has 1 aliphatic heterocycles. The molecule has 1 fully saturated rings. The first-order valence-electron chi connectivity index (χ1n) is 8.33. The van der Waals surface area contributed by atoms with Crippen molar-refractivity contribution in [2.24, 2.45) is 0 Å². The zero-order valence-corrected chi connectivity index (χ0v) is 13.5. The Morgan fingerprint density at radius 3 is 2.74 bits per heavy atom. The van der Waals surface area contributed by atoms with Crippen LogP contribution in [0.4, 0.5) is 0 Å². The number of nitrogens with zero attached hydrogens (tertiary/aromatic N) is 2. The van der Waals surface area contributed by atoms with Crippen molar-refractivity contribution >= 4 is 11.9 Å². The Hall–Kier alpha value is -1.95. The van der Waals surface area contributed by atoms with Gasteiger partial charge in [-0.3, -0.25) is 9.78 Å². The maximum Gasteiger partial charge on any atom is 0.335 e. The maximum absolute atomic E-state index is 12.0. The first-order valence-corrected chi connectivity index (χ1v) is 8.33. The van der Waals surface area contributed by atoms with E-state index in [1.165, 1.54) is 18.7 Å². The highest BCUT2D eigenvalue weighted by molar-refractivity contribution is 5.87. The van der Waals surface area contributed by atoms with Crippen LogP contribution < -0.4 is 5.32 Å². The van der Waals surface area contributed by atoms with Crippen LogP contribution in [0.2, 0.25) is 0 Å². The highest BCUT2D eigenvalue weighted by atomic mass is 16.4. The number of aryl methyl sites for hydroxylation is 1. The van der Waals surface area contributed by atoms with Gasteiger partial charge in [-0.2, -0.15) is 0 Å². The van der Waals surface area contributed by atoms with Crippen LogP contribution in [0.25, 0.3) is 0 Å². The number of carbonyl (C=O) groups excluding carboxylic acids is 1. The Morgan fingerprint density at radius 1 is 1.22 bits per heavy atom. The van der Waals surface area contributed by atoms with Gasteiger partial charge in [-0.15, -0.1) is 0 Å². The summed E-state index contributed by atoms with van der Waals surface area (Å²) in [4.78, 5) is 29.0. The normalized spacial score (nSPS) is 14.7. The summed E-state index contributed by atoms with van der Waals surface area (Å²) < 4.78 is 0. The van der Waals surface area contributed by atoms with Crippen LogP contribution in [0.1, 0.15) is 48.2 Å². The summed E-state index contributed by atoms with van der Waals surface area (Å²) in [6, 6.07) is 3.12. The molecule has 0 atom stereocenters. The molecule has 23 heavy (non-hydrogen) atoms. The van der Waals surface area contributed by atoms with Crippen molar-refractivity contribution in [1.82, 2.24) is 15.2 Å². The highest BCUT2D eigenvalue weighted by Crippen LogP contribution is 2.08. The summed E-state index contributed by atoms with van der Waals surface area (Å²) in [6.45, 7) is 2.99. The van der Waals surface area contributed by atoms with Gasteiger partial charge in [0.15, 0.2) is 0 Å². The molecule has 0 radical (unpaired) electrons. The number of carbonyl (C=O) groups is 2. The fourth-order valence-electron chi connectivity index (χ4n) is 2.75. The van der Waals surface area contributed by atoms with E-state index in [9.17, 15) is 9.59 Å². The lowest BCUT2D eigenvalue weighted by molar-refractivity contribution is -0.131. The summed E-state index contributed by atoms with van der Waals surface area (Å²) in [7, 11) is 0. The number of rotatable bonds is 8. The van der Waals surface area contributed by atoms with Crippen molar-refractivity contribution in [2.75, 3.05) is 26.2 Å². The zero-order chi connectivity index (χ0) is 16.5. The van der Waals surface area contributed by atoms with Gasteiger partial charge in [0.05, 0.1) is 12.1 Å². The van der Waals surface area contributed by atoms with Crippen molar-refractivity contribution in [3.8, 4) is 0 Å². The summed E-state index contributed by atoms with van der Waals surface area (Å²) in [5.41, 5.74) is 1.08. The Balaban J connectivity index is 1.58. The minimum absolute atomic E-state index is 0.195. The highest BCUT2D eigenvalue weighted by Gasteiger charge is 2.15. The second kappa shape index (κ2) is 9.25. The molecule has 0 aliphatic carbocycles. The van der Waals surface area contributed by atoms with Crippen LogP contribution in [0, 0.1) is 0 Å². The predicted molar refractivity (Wildman–Crippen MR) is 87.4 cm³/mol. The van der Waals surface area contributed by atoms with Gasteiger partial charge in [0.1, 0.15) is 0 Å². The van der Waals surface area contributed by atoms with Crippen LogP contribution in [0.5, 0.6) is 0 Å². The van der Waals surface area contributed by atoms with Gasteiger partial charge in [0, 0.05) is 25.0 Å². The molecule has 0 bridgehead atoms. The van der Waals surface area contributed by atoms with Gasteiger partial charge >= 0.3 is 5.97 Å². The van der Waals surface area contributed by atoms with Crippen molar-refractivity contribution in [1.29, 1.82) is 0 Å². The lowest BCUT2D eigenvalue weighted by Crippen LogP contribution is -2.41. The van der Waals surface area contributed by atoms with E-state index in [0.29, 0.717) is 6.54 Å². The number of hydrogen-bond acceptors (Lipinski definition) is 4. The Bertz CT molecular complexity index is 528. The van der Waals surface area contributed by atoms with Gasteiger partial charge in [0.25, 0.3) is 0 Å². The SMILES string of the molecule is O=C(O)c1ccnc(CCCCNCC(=O)N2CCCCC2)c1. The smallest absolute Gasteiger partial charge is 0.335 e. The lowest BCUT2D eigenvalue weighted by atomic mass is 10.1. The van der Waals surface area contributed by atoms with Crippen LogP contribution in [-0.2, 0) is 11.2 Å². The van der Waals surface area contributed by atoms with E-state index in [0.717, 1.165) is 57.4 Å². The number of aromatic nitrogens is 1. The number of nitrogens with one attached hydrogen (secondary N) is 1. The Kier molecular flexibility index (Phi) is 7.00. The van der Waals surface area contributed by atoms with Crippen molar-refractivity contribution in [3.63, 3.8) is 0 Å². The second-order valence-electron chi connectivity index (χ2n) is 5.92. The number of unbranched alkanes of at least 4 members (excludes halogenated alkanes) is 1. The Labute approximate surface area is 136 Å². The molecule has 1 aliphatic rings. The quantitative estimate of drug-likeness (QED) is 0.713. The van der Waals surface area contributed by atoms with Crippen LogP contribution >= 0.6 is 0 Å². The largest absolute Gasteiger partial charge is 0.478 e. The van der Waals surface area contributed by atoms with Crippen molar-refractivity contribution in [3.05, 3.63) is 29.6 Å². The molecule has 126 valence electrons. The molecule has 2 heterocycles. The number of carboxylic acid groups (broad SMARTS) is 1. The first kappa shape index (κ1) is 17.4. The number of hydrogen-bond donors (Lipinski definition) is 2. The minimum Gasteiger partial charge on any atom is -0.478 e. The van der Waals surface area contributed by atoms with Gasteiger partial charge in [-0.05, 0) is 57.2 Å². The summed E-state index contributed by atoms with van der Waals surface area (Å²) in [6.07, 6.45) is 7.61. The molecule has 0 saturated carbocycles. The van der Waals surface area contributed by atoms with Gasteiger partial charge in [0.2, 0.25) is 5.91 Å². The number of aromatic carboxylic acids is 1. The fraction of sp³-hybridized carbons (Fsp3) is 0.588. The van der Waals surface area contributed by atoms with Crippen LogP contribution in [-0.4, -0.2) is 53.0 Å².